The summed E-state index contributed by atoms with van der Waals surface area (Å²) < 4.78 is 37.2. The van der Waals surface area contributed by atoms with Crippen molar-refractivity contribution in [1.82, 2.24) is 10.2 Å². The number of halogens is 2. The van der Waals surface area contributed by atoms with Crippen molar-refractivity contribution in [3.63, 3.8) is 0 Å². The molecule has 0 N–H and O–H groups in total. The van der Waals surface area contributed by atoms with E-state index in [9.17, 15) is 18.4 Å². The predicted molar refractivity (Wildman–Crippen MR) is 115 cm³/mol. The van der Waals surface area contributed by atoms with Crippen molar-refractivity contribution in [2.24, 2.45) is 0 Å². The fourth-order valence-corrected chi connectivity index (χ4v) is 5.33. The Hall–Kier alpha value is -3.05. The van der Waals surface area contributed by atoms with Crippen molar-refractivity contribution in [2.75, 3.05) is 12.0 Å². The number of carbonyl (C=O) groups is 2. The van der Waals surface area contributed by atoms with Gasteiger partial charge in [-0.1, -0.05) is 23.5 Å². The third kappa shape index (κ3) is 4.89. The second kappa shape index (κ2) is 9.61. The molecule has 32 heavy (non-hydrogen) atoms. The van der Waals surface area contributed by atoms with Crippen LogP contribution in [0.15, 0.2) is 48.5 Å². The van der Waals surface area contributed by atoms with Gasteiger partial charge in [0.05, 0.1) is 18.8 Å². The molecule has 2 aromatic carbocycles. The number of carbonyl (C=O) groups excluding carboxylic acids is 2. The Labute approximate surface area is 190 Å². The molecule has 166 valence electrons. The number of ether oxygens (including phenoxy) is 2. The predicted octanol–water partition coefficient (Wildman–Crippen LogP) is 4.11. The summed E-state index contributed by atoms with van der Waals surface area (Å²) >= 11 is 2.38. The van der Waals surface area contributed by atoms with Crippen LogP contribution in [0.25, 0.3) is 0 Å². The van der Waals surface area contributed by atoms with Crippen LogP contribution in [0.1, 0.15) is 22.4 Å². The fourth-order valence-electron chi connectivity index (χ4n) is 3.07. The average molecular weight is 478 g/mol. The second-order valence-electron chi connectivity index (χ2n) is 6.74. The van der Waals surface area contributed by atoms with Gasteiger partial charge in [-0.3, -0.25) is 14.5 Å². The molecule has 0 bridgehead atoms. The highest BCUT2D eigenvalue weighted by atomic mass is 32.2. The van der Waals surface area contributed by atoms with Gasteiger partial charge in [0.1, 0.15) is 29.4 Å². The number of thioether (sulfide) groups is 1. The van der Waals surface area contributed by atoms with Crippen LogP contribution >= 0.6 is 23.1 Å². The van der Waals surface area contributed by atoms with Crippen molar-refractivity contribution in [3.05, 3.63) is 70.7 Å². The van der Waals surface area contributed by atoms with Gasteiger partial charge >= 0.3 is 5.97 Å². The molecule has 1 aliphatic rings. The van der Waals surface area contributed by atoms with Gasteiger partial charge in [-0.25, -0.2) is 8.78 Å². The lowest BCUT2D eigenvalue weighted by molar-refractivity contribution is -0.141. The molecule has 3 aromatic rings. The van der Waals surface area contributed by atoms with Crippen LogP contribution in [0.3, 0.4) is 0 Å². The van der Waals surface area contributed by atoms with Gasteiger partial charge in [-0.05, 0) is 42.0 Å². The molecule has 1 aromatic heterocycles. The minimum Gasteiger partial charge on any atom is -0.486 e. The highest BCUT2D eigenvalue weighted by molar-refractivity contribution is 8.01. The van der Waals surface area contributed by atoms with Crippen LogP contribution in [-0.4, -0.2) is 34.4 Å². The molecule has 7 nitrogen and oxygen atoms in total. The van der Waals surface area contributed by atoms with E-state index in [-0.39, 0.29) is 24.8 Å². The lowest BCUT2D eigenvalue weighted by Crippen LogP contribution is -2.32. The Kier molecular flexibility index (Phi) is 6.66. The second-order valence-corrected chi connectivity index (χ2v) is 9.07. The summed E-state index contributed by atoms with van der Waals surface area (Å²) in [7, 11) is 1.26. The number of amides is 1. The summed E-state index contributed by atoms with van der Waals surface area (Å²) in [5.41, 5.74) is 0.565. The number of anilines is 1. The summed E-state index contributed by atoms with van der Waals surface area (Å²) in [6.45, 7) is 0.0781. The molecule has 1 aliphatic heterocycles. The fraction of sp³-hybridized carbons (Fsp3) is 0.238. The van der Waals surface area contributed by atoms with Crippen molar-refractivity contribution in [2.45, 2.75) is 23.7 Å². The quantitative estimate of drug-likeness (QED) is 0.474. The van der Waals surface area contributed by atoms with Crippen molar-refractivity contribution in [1.29, 1.82) is 0 Å². The van der Waals surface area contributed by atoms with Gasteiger partial charge in [0.2, 0.25) is 11.0 Å². The van der Waals surface area contributed by atoms with Crippen LogP contribution in [0, 0.1) is 11.6 Å². The maximum absolute atomic E-state index is 13.8. The summed E-state index contributed by atoms with van der Waals surface area (Å²) in [5, 5.41) is 7.72. The molecular weight excluding hydrogens is 460 g/mol. The average Bonchev–Trinajstić information content (AvgIpc) is 3.37. The van der Waals surface area contributed by atoms with Crippen LogP contribution in [0.5, 0.6) is 5.75 Å². The number of rotatable bonds is 7. The van der Waals surface area contributed by atoms with Crippen LogP contribution < -0.4 is 9.64 Å². The van der Waals surface area contributed by atoms with E-state index in [4.69, 9.17) is 9.47 Å². The maximum atomic E-state index is 13.8. The number of benzene rings is 2. The van der Waals surface area contributed by atoms with Crippen molar-refractivity contribution in [3.8, 4) is 5.75 Å². The third-order valence-electron chi connectivity index (χ3n) is 4.59. The molecular formula is C21H17F2N3O4S2. The highest BCUT2D eigenvalue weighted by Crippen LogP contribution is 2.47. The van der Waals surface area contributed by atoms with Crippen LogP contribution in [0.4, 0.5) is 13.9 Å². The Morgan fingerprint density at radius 2 is 1.91 bits per heavy atom. The molecule has 2 heterocycles. The zero-order valence-corrected chi connectivity index (χ0v) is 18.4. The molecule has 11 heteroatoms. The van der Waals surface area contributed by atoms with E-state index in [1.165, 1.54) is 60.2 Å². The number of hydrogen-bond acceptors (Lipinski definition) is 8. The van der Waals surface area contributed by atoms with Gasteiger partial charge in [0, 0.05) is 0 Å². The van der Waals surface area contributed by atoms with Gasteiger partial charge in [-0.2, -0.15) is 0 Å². The van der Waals surface area contributed by atoms with Gasteiger partial charge in [0.15, 0.2) is 5.01 Å². The number of hydrogen-bond donors (Lipinski definition) is 0. The number of nitrogens with zero attached hydrogens (tertiary/aromatic N) is 3. The SMILES string of the molecule is COC(=O)CC1SC(c2cccc(F)c2)N(c2nnc(COc3ccc(F)cc3)s2)C1=O. The number of aromatic nitrogens is 2. The van der Waals surface area contributed by atoms with E-state index in [0.29, 0.717) is 21.5 Å². The van der Waals surface area contributed by atoms with E-state index >= 15 is 0 Å². The van der Waals surface area contributed by atoms with Crippen molar-refractivity contribution >= 4 is 40.1 Å². The molecule has 4 rings (SSSR count). The third-order valence-corrected chi connectivity index (χ3v) is 6.93. The molecule has 1 fully saturated rings. The highest BCUT2D eigenvalue weighted by Gasteiger charge is 2.44. The van der Waals surface area contributed by atoms with E-state index in [0.717, 1.165) is 11.3 Å². The van der Waals surface area contributed by atoms with Crippen molar-refractivity contribution < 1.29 is 27.8 Å². The van der Waals surface area contributed by atoms with E-state index in [1.807, 2.05) is 0 Å². The van der Waals surface area contributed by atoms with Crippen LogP contribution in [0.2, 0.25) is 0 Å². The summed E-state index contributed by atoms with van der Waals surface area (Å²) in [6, 6.07) is 11.5. The zero-order chi connectivity index (χ0) is 22.7. The molecule has 2 unspecified atom stereocenters. The standard InChI is InChI=1S/C21H17F2N3O4S2/c1-29-18(27)10-16-19(28)26(20(31-16)12-3-2-4-14(23)9-12)21-25-24-17(32-21)11-30-15-7-5-13(22)6-8-15/h2-9,16,20H,10-11H2,1H3. The first kappa shape index (κ1) is 22.2. The first-order chi connectivity index (χ1) is 15.4. The molecule has 2 atom stereocenters. The summed E-state index contributed by atoms with van der Waals surface area (Å²) in [4.78, 5) is 26.3. The Bertz CT molecular complexity index is 1130. The monoisotopic (exact) mass is 477 g/mol. The lowest BCUT2D eigenvalue weighted by atomic mass is 10.2. The Morgan fingerprint density at radius 1 is 1.12 bits per heavy atom. The number of methoxy groups -OCH3 is 1. The Balaban J connectivity index is 1.56. The molecule has 0 spiro atoms. The topological polar surface area (TPSA) is 81.6 Å². The molecule has 0 radical (unpaired) electrons. The molecule has 0 saturated carbocycles. The van der Waals surface area contributed by atoms with E-state index in [2.05, 4.69) is 10.2 Å². The maximum Gasteiger partial charge on any atom is 0.307 e. The van der Waals surface area contributed by atoms with Gasteiger partial charge < -0.3 is 9.47 Å². The molecule has 1 saturated heterocycles. The normalized spacial score (nSPS) is 18.1. The minimum atomic E-state index is -0.696. The zero-order valence-electron chi connectivity index (χ0n) is 16.7. The summed E-state index contributed by atoms with van der Waals surface area (Å²) in [5.74, 6) is -1.19. The molecule has 0 aliphatic carbocycles. The van der Waals surface area contributed by atoms with Gasteiger partial charge in [-0.15, -0.1) is 22.0 Å². The minimum absolute atomic E-state index is 0.0781. The largest absolute Gasteiger partial charge is 0.486 e. The first-order valence-electron chi connectivity index (χ1n) is 9.46. The molecule has 1 amide bonds. The number of esters is 1. The smallest absolute Gasteiger partial charge is 0.307 e. The lowest BCUT2D eigenvalue weighted by Gasteiger charge is -2.20. The Morgan fingerprint density at radius 3 is 2.62 bits per heavy atom. The first-order valence-corrected chi connectivity index (χ1v) is 11.2. The van der Waals surface area contributed by atoms with Gasteiger partial charge in [0.25, 0.3) is 0 Å². The van der Waals surface area contributed by atoms with E-state index < -0.39 is 22.4 Å². The van der Waals surface area contributed by atoms with Crippen LogP contribution in [-0.2, 0) is 20.9 Å². The summed E-state index contributed by atoms with van der Waals surface area (Å²) in [6.07, 6.45) is -0.109. The van der Waals surface area contributed by atoms with E-state index in [1.54, 1.807) is 12.1 Å².